The van der Waals surface area contributed by atoms with Crippen LogP contribution < -0.4 is 16.4 Å². The van der Waals surface area contributed by atoms with Crippen molar-refractivity contribution < 1.29 is 18.7 Å². The summed E-state index contributed by atoms with van der Waals surface area (Å²) in [5, 5.41) is 5.27. The van der Waals surface area contributed by atoms with Crippen LogP contribution in [0.4, 0.5) is 15.8 Å². The second-order valence-electron chi connectivity index (χ2n) is 4.49. The van der Waals surface area contributed by atoms with E-state index in [1.165, 1.54) is 13.2 Å². The lowest BCUT2D eigenvalue weighted by molar-refractivity contribution is -0.119. The van der Waals surface area contributed by atoms with Crippen LogP contribution in [0.1, 0.15) is 24.2 Å². The molecule has 0 unspecified atom stereocenters. The van der Waals surface area contributed by atoms with Crippen molar-refractivity contribution in [3.63, 3.8) is 0 Å². The minimum absolute atomic E-state index is 0.00815. The van der Waals surface area contributed by atoms with E-state index in [9.17, 15) is 14.0 Å². The number of rotatable bonds is 5. The van der Waals surface area contributed by atoms with Crippen molar-refractivity contribution in [1.29, 1.82) is 0 Å². The first-order valence-corrected chi connectivity index (χ1v) is 6.05. The van der Waals surface area contributed by atoms with Crippen molar-refractivity contribution in [3.8, 4) is 0 Å². The topological polar surface area (TPSA) is 93.4 Å². The molecule has 1 aromatic rings. The molecule has 0 fully saturated rings. The van der Waals surface area contributed by atoms with Gasteiger partial charge < -0.3 is 21.1 Å². The number of benzene rings is 1. The Labute approximate surface area is 116 Å². The van der Waals surface area contributed by atoms with Crippen LogP contribution in [-0.2, 0) is 9.53 Å². The van der Waals surface area contributed by atoms with Crippen LogP contribution in [0.3, 0.4) is 0 Å². The van der Waals surface area contributed by atoms with E-state index in [4.69, 9.17) is 5.73 Å². The van der Waals surface area contributed by atoms with Crippen LogP contribution in [0.15, 0.2) is 12.1 Å². The molecule has 0 aromatic heterocycles. The number of hydrogen-bond acceptors (Lipinski definition) is 5. The van der Waals surface area contributed by atoms with Crippen molar-refractivity contribution in [3.05, 3.63) is 23.5 Å². The van der Waals surface area contributed by atoms with E-state index in [0.29, 0.717) is 0 Å². The molecule has 7 heteroatoms. The molecule has 0 aliphatic heterocycles. The number of carbonyl (C=O) groups excluding carboxylic acids is 2. The number of nitrogen functional groups attached to an aromatic ring is 1. The van der Waals surface area contributed by atoms with Gasteiger partial charge in [0.05, 0.1) is 24.9 Å². The summed E-state index contributed by atoms with van der Waals surface area (Å²) >= 11 is 0. The van der Waals surface area contributed by atoms with E-state index < -0.39 is 11.8 Å². The van der Waals surface area contributed by atoms with Crippen LogP contribution in [0.25, 0.3) is 0 Å². The number of amides is 1. The van der Waals surface area contributed by atoms with Gasteiger partial charge in [-0.1, -0.05) is 0 Å². The molecule has 6 nitrogen and oxygen atoms in total. The third-order valence-corrected chi connectivity index (χ3v) is 2.43. The van der Waals surface area contributed by atoms with Crippen LogP contribution in [-0.4, -0.2) is 31.6 Å². The van der Waals surface area contributed by atoms with Gasteiger partial charge in [-0.2, -0.15) is 0 Å². The van der Waals surface area contributed by atoms with Crippen molar-refractivity contribution in [1.82, 2.24) is 5.32 Å². The Morgan fingerprint density at radius 3 is 2.60 bits per heavy atom. The number of anilines is 2. The van der Waals surface area contributed by atoms with Crippen LogP contribution in [0.5, 0.6) is 0 Å². The lowest BCUT2D eigenvalue weighted by atomic mass is 10.1. The molecule has 0 bridgehead atoms. The van der Waals surface area contributed by atoms with Crippen molar-refractivity contribution >= 4 is 23.3 Å². The third-order valence-electron chi connectivity index (χ3n) is 2.43. The molecule has 1 amide bonds. The summed E-state index contributed by atoms with van der Waals surface area (Å²) in [6.07, 6.45) is 0. The Kier molecular flexibility index (Phi) is 5.31. The molecule has 20 heavy (non-hydrogen) atoms. The van der Waals surface area contributed by atoms with Crippen LogP contribution >= 0.6 is 0 Å². The Morgan fingerprint density at radius 1 is 1.40 bits per heavy atom. The number of halogens is 1. The van der Waals surface area contributed by atoms with Crippen LogP contribution in [0.2, 0.25) is 0 Å². The molecule has 0 saturated heterocycles. The maximum atomic E-state index is 13.7. The van der Waals surface area contributed by atoms with Gasteiger partial charge in [-0.3, -0.25) is 4.79 Å². The second-order valence-corrected chi connectivity index (χ2v) is 4.49. The molecule has 0 heterocycles. The van der Waals surface area contributed by atoms with Gasteiger partial charge in [0.2, 0.25) is 5.91 Å². The molecule has 0 atom stereocenters. The monoisotopic (exact) mass is 283 g/mol. The number of esters is 1. The summed E-state index contributed by atoms with van der Waals surface area (Å²) in [6.45, 7) is 3.52. The zero-order valence-corrected chi connectivity index (χ0v) is 11.6. The van der Waals surface area contributed by atoms with E-state index in [1.54, 1.807) is 0 Å². The molecule has 0 aliphatic carbocycles. The highest BCUT2D eigenvalue weighted by Crippen LogP contribution is 2.22. The van der Waals surface area contributed by atoms with Crippen LogP contribution in [0, 0.1) is 5.82 Å². The van der Waals surface area contributed by atoms with E-state index >= 15 is 0 Å². The van der Waals surface area contributed by atoms with Gasteiger partial charge in [-0.25, -0.2) is 9.18 Å². The van der Waals surface area contributed by atoms with Gasteiger partial charge in [0.25, 0.3) is 0 Å². The van der Waals surface area contributed by atoms with Gasteiger partial charge in [0, 0.05) is 11.7 Å². The van der Waals surface area contributed by atoms with E-state index in [1.807, 2.05) is 13.8 Å². The smallest absolute Gasteiger partial charge is 0.340 e. The van der Waals surface area contributed by atoms with E-state index in [-0.39, 0.29) is 35.4 Å². The summed E-state index contributed by atoms with van der Waals surface area (Å²) in [6, 6.07) is 2.22. The minimum Gasteiger partial charge on any atom is -0.465 e. The molecule has 1 rings (SSSR count). The number of carbonyl (C=O) groups is 2. The first kappa shape index (κ1) is 15.7. The highest BCUT2D eigenvalue weighted by Gasteiger charge is 2.15. The number of hydrogen-bond donors (Lipinski definition) is 3. The summed E-state index contributed by atoms with van der Waals surface area (Å²) in [7, 11) is 1.20. The van der Waals surface area contributed by atoms with E-state index in [0.717, 1.165) is 6.07 Å². The zero-order chi connectivity index (χ0) is 15.3. The van der Waals surface area contributed by atoms with Gasteiger partial charge >= 0.3 is 5.97 Å². The Bertz CT molecular complexity index is 518. The third kappa shape index (κ3) is 4.11. The number of ether oxygens (including phenoxy) is 1. The molecular weight excluding hydrogens is 265 g/mol. The maximum absolute atomic E-state index is 13.7. The quantitative estimate of drug-likeness (QED) is 0.556. The molecule has 0 aliphatic rings. The Morgan fingerprint density at radius 2 is 2.05 bits per heavy atom. The lowest BCUT2D eigenvalue weighted by Crippen LogP contribution is -2.35. The fourth-order valence-corrected chi connectivity index (χ4v) is 1.56. The highest BCUT2D eigenvalue weighted by molar-refractivity contribution is 5.96. The Hall–Kier alpha value is -2.31. The molecule has 110 valence electrons. The predicted molar refractivity (Wildman–Crippen MR) is 73.9 cm³/mol. The number of methoxy groups -OCH3 is 1. The molecular formula is C13H18FN3O3. The average molecular weight is 283 g/mol. The molecule has 0 saturated carbocycles. The second kappa shape index (κ2) is 6.74. The van der Waals surface area contributed by atoms with Crippen molar-refractivity contribution in [2.45, 2.75) is 19.9 Å². The standard InChI is InChI=1S/C13H18FN3O3/c1-7(2)17-12(18)6-16-11-4-8(13(19)20-3)10(15)5-9(11)14/h4-5,7,16H,6,15H2,1-3H3,(H,17,18). The number of nitrogens with one attached hydrogen (secondary N) is 2. The lowest BCUT2D eigenvalue weighted by Gasteiger charge is -2.12. The van der Waals surface area contributed by atoms with E-state index in [2.05, 4.69) is 15.4 Å². The van der Waals surface area contributed by atoms with Gasteiger partial charge in [0.15, 0.2) is 0 Å². The van der Waals surface area contributed by atoms with Gasteiger partial charge in [-0.15, -0.1) is 0 Å². The van der Waals surface area contributed by atoms with Gasteiger partial charge in [0.1, 0.15) is 5.82 Å². The fourth-order valence-electron chi connectivity index (χ4n) is 1.56. The summed E-state index contributed by atoms with van der Waals surface area (Å²) < 4.78 is 18.2. The highest BCUT2D eigenvalue weighted by atomic mass is 19.1. The summed E-state index contributed by atoms with van der Waals surface area (Å²) in [5.41, 5.74) is 5.57. The summed E-state index contributed by atoms with van der Waals surface area (Å²) in [5.74, 6) is -1.60. The number of nitrogens with two attached hydrogens (primary N) is 1. The molecule has 0 spiro atoms. The SMILES string of the molecule is COC(=O)c1cc(NCC(=O)NC(C)C)c(F)cc1N. The first-order valence-electron chi connectivity index (χ1n) is 6.05. The fraction of sp³-hybridized carbons (Fsp3) is 0.385. The molecule has 4 N–H and O–H groups in total. The summed E-state index contributed by atoms with van der Waals surface area (Å²) in [4.78, 5) is 22.9. The van der Waals surface area contributed by atoms with Crippen molar-refractivity contribution in [2.75, 3.05) is 24.7 Å². The zero-order valence-electron chi connectivity index (χ0n) is 11.6. The Balaban J connectivity index is 2.85. The maximum Gasteiger partial charge on any atom is 0.340 e. The first-order chi connectivity index (χ1) is 9.35. The molecule has 0 radical (unpaired) electrons. The average Bonchev–Trinajstić information content (AvgIpc) is 2.36. The predicted octanol–water partition coefficient (Wildman–Crippen LogP) is 1.13. The normalized spacial score (nSPS) is 10.2. The largest absolute Gasteiger partial charge is 0.465 e. The van der Waals surface area contributed by atoms with Gasteiger partial charge in [-0.05, 0) is 26.0 Å². The minimum atomic E-state index is -0.669. The van der Waals surface area contributed by atoms with Crippen molar-refractivity contribution in [2.24, 2.45) is 0 Å². The molecule has 1 aromatic carbocycles.